The van der Waals surface area contributed by atoms with E-state index in [-0.39, 0.29) is 23.0 Å². The molecule has 0 saturated heterocycles. The summed E-state index contributed by atoms with van der Waals surface area (Å²) in [7, 11) is 0. The lowest BCUT2D eigenvalue weighted by Crippen LogP contribution is -2.61. The number of aryl methyl sites for hydroxylation is 5. The fourth-order valence-corrected chi connectivity index (χ4v) is 16.1. The molecule has 2 aliphatic heterocycles. The second kappa shape index (κ2) is 20.5. The van der Waals surface area contributed by atoms with Crippen LogP contribution in [-0.2, 0) is 16.2 Å². The molecule has 15 rings (SSSR count). The molecule has 89 heavy (non-hydrogen) atoms. The molecule has 0 bridgehead atoms. The van der Waals surface area contributed by atoms with Gasteiger partial charge in [0.15, 0.2) is 0 Å². The zero-order valence-electron chi connectivity index (χ0n) is 54.0. The normalized spacial score (nSPS) is 13.2. The number of anilines is 9. The van der Waals surface area contributed by atoms with E-state index in [1.165, 1.54) is 148 Å². The van der Waals surface area contributed by atoms with E-state index < -0.39 is 0 Å². The van der Waals surface area contributed by atoms with Crippen LogP contribution in [0.15, 0.2) is 212 Å². The molecule has 0 N–H and O–H groups in total. The highest BCUT2D eigenvalue weighted by atomic mass is 32.1. The van der Waals surface area contributed by atoms with Crippen LogP contribution in [0.4, 0.5) is 51.2 Å². The monoisotopic (exact) mass is 1170 g/mol. The number of nitrogens with zero attached hydrogens (tertiary/aromatic N) is 4. The van der Waals surface area contributed by atoms with Gasteiger partial charge in [0, 0.05) is 76.4 Å². The Morgan fingerprint density at radius 3 is 1.69 bits per heavy atom. The highest BCUT2D eigenvalue weighted by Gasteiger charge is 2.45. The number of para-hydroxylation sites is 2. The van der Waals surface area contributed by atoms with Gasteiger partial charge in [0.1, 0.15) is 0 Å². The van der Waals surface area contributed by atoms with Crippen molar-refractivity contribution < 1.29 is 0 Å². The number of fused-ring (bicyclic) bond motifs is 10. The van der Waals surface area contributed by atoms with E-state index in [1.54, 1.807) is 0 Å². The van der Waals surface area contributed by atoms with Gasteiger partial charge in [-0.2, -0.15) is 0 Å². The predicted octanol–water partition coefficient (Wildman–Crippen LogP) is 21.8. The fourth-order valence-electron chi connectivity index (χ4n) is 14.9. The minimum Gasteiger partial charge on any atom is -0.311 e. The van der Waals surface area contributed by atoms with E-state index in [9.17, 15) is 0 Å². The first kappa shape index (κ1) is 56.4. The fraction of sp³-hybridized carbons (Fsp3) is 0.205. The highest BCUT2D eigenvalue weighted by Crippen LogP contribution is 2.51. The molecule has 0 saturated carbocycles. The third-order valence-electron chi connectivity index (χ3n) is 19.3. The van der Waals surface area contributed by atoms with Crippen LogP contribution in [-0.4, -0.2) is 11.3 Å². The quantitative estimate of drug-likeness (QED) is 0.148. The van der Waals surface area contributed by atoms with E-state index in [2.05, 4.69) is 329 Å². The van der Waals surface area contributed by atoms with Gasteiger partial charge in [-0.05, 0) is 214 Å². The zero-order valence-corrected chi connectivity index (χ0v) is 54.8. The van der Waals surface area contributed by atoms with E-state index in [4.69, 9.17) is 0 Å². The summed E-state index contributed by atoms with van der Waals surface area (Å²) < 4.78 is 5.10. The van der Waals surface area contributed by atoms with E-state index >= 15 is 0 Å². The molecule has 0 amide bonds. The molecule has 11 aromatic carbocycles. The molecule has 4 nitrogen and oxygen atoms in total. The second-order valence-corrected chi connectivity index (χ2v) is 29.6. The van der Waals surface area contributed by atoms with Crippen molar-refractivity contribution in [3.63, 3.8) is 0 Å². The van der Waals surface area contributed by atoms with E-state index in [0.717, 1.165) is 22.7 Å². The molecule has 4 heterocycles. The Morgan fingerprint density at radius 1 is 0.393 bits per heavy atom. The summed E-state index contributed by atoms with van der Waals surface area (Å²) in [6.07, 6.45) is 0. The Labute approximate surface area is 530 Å². The SMILES string of the molecule is Cc1cc2c3c(c1)N(c1c(C)cc(-c4cccc5c4sc4ccccc45)cc1C)c1cc(N(c4ccc5c6ccccc6n(-c6ccccc6)c5c4)c4c(C)cc(C(C)(C)C)cc4C)ccc1B3c1cc(C(C)(C)C)ccc1N2c1ccc(C(C)(C)C)cc1. The summed E-state index contributed by atoms with van der Waals surface area (Å²) in [5.41, 5.74) is 30.6. The van der Waals surface area contributed by atoms with Crippen molar-refractivity contribution in [2.45, 2.75) is 113 Å². The van der Waals surface area contributed by atoms with Gasteiger partial charge in [-0.1, -0.05) is 184 Å². The number of thiophene rings is 1. The maximum absolute atomic E-state index is 2.67. The Morgan fingerprint density at radius 2 is 0.989 bits per heavy atom. The third-order valence-corrected chi connectivity index (χ3v) is 20.5. The van der Waals surface area contributed by atoms with Gasteiger partial charge < -0.3 is 19.3 Å². The van der Waals surface area contributed by atoms with Crippen LogP contribution in [0.5, 0.6) is 0 Å². The smallest absolute Gasteiger partial charge is 0.252 e. The number of hydrogen-bond acceptors (Lipinski definition) is 4. The molecular weight excluding hydrogens is 1100 g/mol. The lowest BCUT2D eigenvalue weighted by atomic mass is 9.33. The van der Waals surface area contributed by atoms with E-state index in [0.29, 0.717) is 0 Å². The first-order chi connectivity index (χ1) is 42.6. The predicted molar refractivity (Wildman–Crippen MR) is 388 cm³/mol. The third kappa shape index (κ3) is 9.14. The molecule has 0 spiro atoms. The van der Waals surface area contributed by atoms with Gasteiger partial charge >= 0.3 is 0 Å². The van der Waals surface area contributed by atoms with Gasteiger partial charge in [-0.15, -0.1) is 11.3 Å². The molecule has 0 unspecified atom stereocenters. The molecule has 0 atom stereocenters. The molecule has 2 aliphatic rings. The summed E-state index contributed by atoms with van der Waals surface area (Å²) in [5.74, 6) is 0. The van der Waals surface area contributed by atoms with Gasteiger partial charge in [0.25, 0.3) is 6.71 Å². The summed E-state index contributed by atoms with van der Waals surface area (Å²) in [6.45, 7) is 32.5. The average Bonchev–Trinajstić information content (AvgIpc) is 1.32. The Bertz CT molecular complexity index is 4990. The molecular formula is C83H77BN4S. The summed E-state index contributed by atoms with van der Waals surface area (Å²) >= 11 is 1.90. The summed E-state index contributed by atoms with van der Waals surface area (Å²) in [4.78, 5) is 7.82. The van der Waals surface area contributed by atoms with Crippen molar-refractivity contribution in [2.24, 2.45) is 0 Å². The maximum atomic E-state index is 2.67. The minimum absolute atomic E-state index is 0.0179. The number of benzene rings is 11. The first-order valence-corrected chi connectivity index (χ1v) is 32.6. The van der Waals surface area contributed by atoms with Crippen molar-refractivity contribution in [3.05, 3.63) is 257 Å². The molecule has 6 heteroatoms. The van der Waals surface area contributed by atoms with Crippen LogP contribution in [0, 0.1) is 34.6 Å². The topological polar surface area (TPSA) is 14.7 Å². The van der Waals surface area contributed by atoms with Crippen molar-refractivity contribution in [1.29, 1.82) is 0 Å². The molecule has 0 radical (unpaired) electrons. The van der Waals surface area contributed by atoms with Gasteiger partial charge in [0.05, 0.1) is 22.4 Å². The van der Waals surface area contributed by atoms with Gasteiger partial charge in [-0.3, -0.25) is 0 Å². The second-order valence-electron chi connectivity index (χ2n) is 28.6. The molecule has 2 aromatic heterocycles. The number of hydrogen-bond donors (Lipinski definition) is 0. The zero-order chi connectivity index (χ0) is 61.7. The molecule has 438 valence electrons. The molecule has 0 fully saturated rings. The largest absolute Gasteiger partial charge is 0.311 e. The van der Waals surface area contributed by atoms with Crippen molar-refractivity contribution >= 4 is 128 Å². The lowest BCUT2D eigenvalue weighted by molar-refractivity contribution is 0.589. The van der Waals surface area contributed by atoms with Crippen LogP contribution in [0.3, 0.4) is 0 Å². The maximum Gasteiger partial charge on any atom is 0.252 e. The Kier molecular flexibility index (Phi) is 13.0. The summed E-state index contributed by atoms with van der Waals surface area (Å²) in [6, 6.07) is 81.6. The van der Waals surface area contributed by atoms with Crippen LogP contribution in [0.2, 0.25) is 0 Å². The number of rotatable bonds is 7. The Balaban J connectivity index is 1.02. The highest BCUT2D eigenvalue weighted by molar-refractivity contribution is 7.26. The summed E-state index contributed by atoms with van der Waals surface area (Å²) in [5, 5.41) is 5.10. The molecule has 13 aromatic rings. The lowest BCUT2D eigenvalue weighted by Gasteiger charge is -2.45. The van der Waals surface area contributed by atoms with Crippen LogP contribution >= 0.6 is 11.3 Å². The van der Waals surface area contributed by atoms with Crippen molar-refractivity contribution in [3.8, 4) is 16.8 Å². The van der Waals surface area contributed by atoms with Crippen molar-refractivity contribution in [2.75, 3.05) is 14.7 Å². The van der Waals surface area contributed by atoms with Crippen LogP contribution < -0.4 is 31.1 Å². The standard InChI is InChI=1S/C83H77BN4S/c1-50-41-74-77-75(42-50)88(79-51(2)43-55(44-52(79)3)63-27-22-28-67-66-26-19-21-30-76(66)89-80(63)67)73-49-62(37-39-68(73)84(77)69-47-57(82(9,10)11)33-40-71(69)87(74)60-34-31-56(32-35-60)81(6,7)8)85(78-53(4)45-58(46-54(78)5)83(12,13)14)61-36-38-65-64-25-18-20-29-70(64)86(72(65)48-61)59-23-16-15-17-24-59/h15-49H,1-14H3. The first-order valence-electron chi connectivity index (χ1n) is 31.8. The Hall–Kier alpha value is -9.10. The van der Waals surface area contributed by atoms with E-state index in [1.807, 2.05) is 11.3 Å². The minimum atomic E-state index is -0.0831. The van der Waals surface area contributed by atoms with Crippen molar-refractivity contribution in [1.82, 2.24) is 4.57 Å². The molecule has 0 aliphatic carbocycles. The average molecular weight is 1170 g/mol. The van der Waals surface area contributed by atoms with Gasteiger partial charge in [0.2, 0.25) is 0 Å². The number of aromatic nitrogens is 1. The van der Waals surface area contributed by atoms with Crippen LogP contribution in [0.1, 0.15) is 107 Å². The van der Waals surface area contributed by atoms with Crippen LogP contribution in [0.25, 0.3) is 58.8 Å². The van der Waals surface area contributed by atoms with Gasteiger partial charge in [-0.25, -0.2) is 0 Å².